The van der Waals surface area contributed by atoms with Crippen molar-refractivity contribution >= 4 is 5.97 Å². The quantitative estimate of drug-likeness (QED) is 0.733. The minimum atomic E-state index is -6.58. The highest BCUT2D eigenvalue weighted by atomic mass is 19.4. The molecule has 0 aliphatic carbocycles. The maximum absolute atomic E-state index is 12.4. The largest absolute Gasteiger partial charge is 0.480 e. The molecule has 0 amide bonds. The van der Waals surface area contributed by atoms with Gasteiger partial charge in [0.1, 0.15) is 0 Å². The van der Waals surface area contributed by atoms with E-state index in [1.807, 2.05) is 0 Å². The summed E-state index contributed by atoms with van der Waals surface area (Å²) in [6.45, 7) is 0. The van der Waals surface area contributed by atoms with Crippen molar-refractivity contribution in [3.05, 3.63) is 0 Å². The summed E-state index contributed by atoms with van der Waals surface area (Å²) in [7, 11) is 0. The molecular weight excluding hydrogens is 239 g/mol. The molecule has 0 heterocycles. The molecule has 0 saturated heterocycles. The zero-order valence-corrected chi connectivity index (χ0v) is 6.66. The Labute approximate surface area is 77.7 Å². The lowest BCUT2D eigenvalue weighted by atomic mass is 10.0. The first-order chi connectivity index (χ1) is 6.35. The lowest BCUT2D eigenvalue weighted by molar-refractivity contribution is -0.356. The Morgan fingerprint density at radius 1 is 1.07 bits per heavy atom. The number of alkyl halides is 7. The minimum absolute atomic E-state index is 2.66. The molecule has 0 radical (unpaired) electrons. The summed E-state index contributed by atoms with van der Waals surface area (Å²) in [6, 6.07) is -3.64. The Kier molecular flexibility index (Phi) is 3.26. The molecule has 10 heteroatoms. The summed E-state index contributed by atoms with van der Waals surface area (Å²) < 4.78 is 83.4. The molecule has 0 aromatic carbocycles. The average molecular weight is 243 g/mol. The molecular formula is C5H4F7NO2. The van der Waals surface area contributed by atoms with Crippen LogP contribution in [0.3, 0.4) is 0 Å². The monoisotopic (exact) mass is 243 g/mol. The van der Waals surface area contributed by atoms with Gasteiger partial charge in [-0.2, -0.15) is 30.7 Å². The summed E-state index contributed by atoms with van der Waals surface area (Å²) in [6.07, 6.45) is -6.58. The van der Waals surface area contributed by atoms with Gasteiger partial charge in [0.05, 0.1) is 0 Å². The highest BCUT2D eigenvalue weighted by Gasteiger charge is 2.76. The normalized spacial score (nSPS) is 16.3. The molecule has 3 nitrogen and oxygen atoms in total. The number of rotatable bonds is 3. The number of hydrogen-bond acceptors (Lipinski definition) is 2. The number of carbonyl (C=O) groups is 1. The van der Waals surface area contributed by atoms with Crippen molar-refractivity contribution in [1.29, 1.82) is 0 Å². The van der Waals surface area contributed by atoms with Crippen LogP contribution in [0.15, 0.2) is 0 Å². The third-order valence-electron chi connectivity index (χ3n) is 1.43. The van der Waals surface area contributed by atoms with Crippen LogP contribution in [-0.4, -0.2) is 35.1 Å². The van der Waals surface area contributed by atoms with E-state index in [1.54, 1.807) is 0 Å². The Hall–Kier alpha value is -1.06. The van der Waals surface area contributed by atoms with Gasteiger partial charge in [0.25, 0.3) is 0 Å². The van der Waals surface area contributed by atoms with Crippen LogP contribution in [-0.2, 0) is 4.79 Å². The molecule has 0 aliphatic rings. The van der Waals surface area contributed by atoms with E-state index < -0.39 is 30.0 Å². The van der Waals surface area contributed by atoms with Crippen molar-refractivity contribution in [3.8, 4) is 0 Å². The van der Waals surface area contributed by atoms with Crippen LogP contribution in [0.4, 0.5) is 30.7 Å². The second kappa shape index (κ2) is 3.51. The maximum Gasteiger partial charge on any atom is 0.459 e. The van der Waals surface area contributed by atoms with Gasteiger partial charge in [0.15, 0.2) is 6.04 Å². The van der Waals surface area contributed by atoms with Crippen molar-refractivity contribution in [2.75, 3.05) is 0 Å². The summed E-state index contributed by atoms with van der Waals surface area (Å²) in [5, 5.41) is 7.84. The van der Waals surface area contributed by atoms with Crippen LogP contribution < -0.4 is 5.73 Å². The molecule has 0 spiro atoms. The van der Waals surface area contributed by atoms with Crippen molar-refractivity contribution in [2.45, 2.75) is 24.1 Å². The van der Waals surface area contributed by atoms with E-state index in [0.29, 0.717) is 0 Å². The smallest absolute Gasteiger partial charge is 0.459 e. The maximum atomic E-state index is 12.4. The molecule has 0 aromatic rings. The lowest BCUT2D eigenvalue weighted by Gasteiger charge is -2.30. The zero-order chi connectivity index (χ0) is 12.7. The first-order valence-electron chi connectivity index (χ1n) is 3.16. The summed E-state index contributed by atoms with van der Waals surface area (Å²) in [5.74, 6) is -15.1. The summed E-state index contributed by atoms with van der Waals surface area (Å²) in [4.78, 5) is 9.81. The fourth-order valence-corrected chi connectivity index (χ4v) is 0.539. The van der Waals surface area contributed by atoms with Crippen molar-refractivity contribution in [1.82, 2.24) is 0 Å². The predicted octanol–water partition coefficient (Wildman–Crippen LogP) is 1.23. The molecule has 1 atom stereocenters. The number of nitrogens with two attached hydrogens (primary N) is 1. The molecule has 0 aliphatic heterocycles. The topological polar surface area (TPSA) is 63.3 Å². The van der Waals surface area contributed by atoms with Crippen LogP contribution >= 0.6 is 0 Å². The second-order valence-electron chi connectivity index (χ2n) is 2.51. The molecule has 3 N–H and O–H groups in total. The summed E-state index contributed by atoms with van der Waals surface area (Å²) >= 11 is 0. The van der Waals surface area contributed by atoms with Crippen LogP contribution in [0.2, 0.25) is 0 Å². The van der Waals surface area contributed by atoms with E-state index in [-0.39, 0.29) is 0 Å². The molecule has 90 valence electrons. The van der Waals surface area contributed by atoms with Gasteiger partial charge >= 0.3 is 24.0 Å². The van der Waals surface area contributed by atoms with E-state index in [0.717, 1.165) is 0 Å². The van der Waals surface area contributed by atoms with E-state index in [4.69, 9.17) is 5.11 Å². The van der Waals surface area contributed by atoms with Crippen molar-refractivity contribution in [3.63, 3.8) is 0 Å². The third-order valence-corrected chi connectivity index (χ3v) is 1.43. The molecule has 0 bridgehead atoms. The van der Waals surface area contributed by atoms with Gasteiger partial charge in [0, 0.05) is 0 Å². The van der Waals surface area contributed by atoms with Crippen LogP contribution in [0.1, 0.15) is 0 Å². The average Bonchev–Trinajstić information content (AvgIpc) is 2.00. The molecule has 0 unspecified atom stereocenters. The Balaban J connectivity index is 5.28. The predicted molar refractivity (Wildman–Crippen MR) is 31.6 cm³/mol. The van der Waals surface area contributed by atoms with E-state index in [2.05, 4.69) is 5.73 Å². The SMILES string of the molecule is N[C@H](C(=O)O)C(F)(F)C(F)(F)C(F)(F)F. The van der Waals surface area contributed by atoms with E-state index in [9.17, 15) is 35.5 Å². The van der Waals surface area contributed by atoms with E-state index in [1.165, 1.54) is 0 Å². The van der Waals surface area contributed by atoms with Gasteiger partial charge in [-0.3, -0.25) is 4.79 Å². The fourth-order valence-electron chi connectivity index (χ4n) is 0.539. The number of hydrogen-bond donors (Lipinski definition) is 2. The van der Waals surface area contributed by atoms with Crippen molar-refractivity contribution < 1.29 is 40.6 Å². The molecule has 0 saturated carbocycles. The van der Waals surface area contributed by atoms with Gasteiger partial charge in [-0.05, 0) is 0 Å². The molecule has 0 fully saturated rings. The van der Waals surface area contributed by atoms with Crippen LogP contribution in [0.25, 0.3) is 0 Å². The number of carboxylic acids is 1. The van der Waals surface area contributed by atoms with Gasteiger partial charge < -0.3 is 10.8 Å². The first kappa shape index (κ1) is 13.9. The van der Waals surface area contributed by atoms with Gasteiger partial charge in [-0.1, -0.05) is 0 Å². The Bertz CT molecular complexity index is 261. The fraction of sp³-hybridized carbons (Fsp3) is 0.800. The highest BCUT2D eigenvalue weighted by Crippen LogP contribution is 2.47. The summed E-state index contributed by atoms with van der Waals surface area (Å²) in [5.41, 5.74) is 4.05. The Morgan fingerprint density at radius 3 is 1.60 bits per heavy atom. The van der Waals surface area contributed by atoms with Gasteiger partial charge in [0.2, 0.25) is 0 Å². The zero-order valence-electron chi connectivity index (χ0n) is 6.66. The molecule has 15 heavy (non-hydrogen) atoms. The molecule has 0 rings (SSSR count). The lowest BCUT2D eigenvalue weighted by Crippen LogP contribution is -2.62. The highest BCUT2D eigenvalue weighted by molar-refractivity contribution is 5.74. The number of aliphatic carboxylic acids is 1. The molecule has 0 aromatic heterocycles. The number of halogens is 7. The van der Waals surface area contributed by atoms with E-state index >= 15 is 0 Å². The minimum Gasteiger partial charge on any atom is -0.480 e. The van der Waals surface area contributed by atoms with Crippen LogP contribution in [0.5, 0.6) is 0 Å². The van der Waals surface area contributed by atoms with Crippen molar-refractivity contribution in [2.24, 2.45) is 5.73 Å². The standard InChI is InChI=1S/C5H4F7NO2/c6-3(7,1(13)2(14)15)4(8,9)5(10,11)12/h1H,13H2,(H,14,15)/t1-/m1/s1. The Morgan fingerprint density at radius 2 is 1.40 bits per heavy atom. The second-order valence-corrected chi connectivity index (χ2v) is 2.51. The first-order valence-corrected chi connectivity index (χ1v) is 3.16. The van der Waals surface area contributed by atoms with Gasteiger partial charge in [-0.15, -0.1) is 0 Å². The number of carboxylic acid groups (broad SMARTS) is 1. The third kappa shape index (κ3) is 2.13. The van der Waals surface area contributed by atoms with Crippen LogP contribution in [0, 0.1) is 0 Å². The van der Waals surface area contributed by atoms with Gasteiger partial charge in [-0.25, -0.2) is 0 Å².